The molecule has 1 aliphatic carbocycles. The molecule has 2 heterocycles. The predicted molar refractivity (Wildman–Crippen MR) is 117 cm³/mol. The summed E-state index contributed by atoms with van der Waals surface area (Å²) in [6.45, 7) is 3.50. The van der Waals surface area contributed by atoms with Crippen molar-refractivity contribution in [2.75, 3.05) is 0 Å². The first-order valence-corrected chi connectivity index (χ1v) is 9.56. The van der Waals surface area contributed by atoms with Crippen LogP contribution in [0.25, 0.3) is 10.9 Å². The summed E-state index contributed by atoms with van der Waals surface area (Å²) in [5.41, 5.74) is 2.42. The van der Waals surface area contributed by atoms with Gasteiger partial charge in [-0.1, -0.05) is 18.7 Å². The van der Waals surface area contributed by atoms with Crippen LogP contribution in [0.5, 0.6) is 11.5 Å². The number of ether oxygens (including phenoxy) is 1. The van der Waals surface area contributed by atoms with Crippen LogP contribution in [0, 0.1) is 0 Å². The lowest BCUT2D eigenvalue weighted by atomic mass is 10.1. The Morgan fingerprint density at radius 1 is 1.30 bits per heavy atom. The third-order valence-electron chi connectivity index (χ3n) is 4.62. The number of carbonyl (C=O) groups is 1. The topological polar surface area (TPSA) is 81.4 Å². The van der Waals surface area contributed by atoms with Crippen molar-refractivity contribution in [1.82, 2.24) is 20.1 Å². The summed E-state index contributed by atoms with van der Waals surface area (Å²) >= 11 is 0. The summed E-state index contributed by atoms with van der Waals surface area (Å²) in [4.78, 5) is 20.7. The average Bonchev–Trinajstić information content (AvgIpc) is 2.97. The van der Waals surface area contributed by atoms with Gasteiger partial charge >= 0.3 is 0 Å². The van der Waals surface area contributed by atoms with Crippen molar-refractivity contribution in [2.24, 2.45) is 12.0 Å². The van der Waals surface area contributed by atoms with E-state index in [1.54, 1.807) is 24.5 Å². The van der Waals surface area contributed by atoms with Crippen molar-refractivity contribution in [3.63, 3.8) is 0 Å². The van der Waals surface area contributed by atoms with E-state index in [2.05, 4.69) is 27.0 Å². The molecule has 0 saturated heterocycles. The number of fused-ring (bicyclic) bond motifs is 1. The molecule has 1 aliphatic rings. The molecule has 4 rings (SSSR count). The van der Waals surface area contributed by atoms with Gasteiger partial charge in [-0.15, -0.1) is 0 Å². The summed E-state index contributed by atoms with van der Waals surface area (Å²) in [5.74, 6) is 1.56. The third-order valence-corrected chi connectivity index (χ3v) is 4.62. The van der Waals surface area contributed by atoms with Crippen LogP contribution in [0.3, 0.4) is 0 Å². The number of hydrogen-bond acceptors (Lipinski definition) is 5. The highest BCUT2D eigenvalue weighted by Gasteiger charge is 2.12. The number of hydrogen-bond donors (Lipinski definition) is 1. The highest BCUT2D eigenvalue weighted by Crippen LogP contribution is 2.27. The molecule has 3 aromatic rings. The quantitative estimate of drug-likeness (QED) is 0.646. The highest BCUT2D eigenvalue weighted by atomic mass is 16.5. The first-order valence-electron chi connectivity index (χ1n) is 9.56. The van der Waals surface area contributed by atoms with E-state index in [1.165, 1.54) is 6.08 Å². The van der Waals surface area contributed by atoms with Gasteiger partial charge in [0.2, 0.25) is 5.91 Å². The van der Waals surface area contributed by atoms with Gasteiger partial charge in [0.15, 0.2) is 5.82 Å². The standard InChI is InChI=1S/C23H21N5O2/c1-3-23(29)27-20-8-6-4-5-7-19(20)26-22-14-18(11-12-24-22)30-17-9-10-21-16(13-17)15-25-28(21)2/h3-4,6,8-15H,1,5,7H2,2H3,(H,27,29). The molecule has 1 N–H and O–H groups in total. The highest BCUT2D eigenvalue weighted by molar-refractivity contribution is 6.05. The fourth-order valence-electron chi connectivity index (χ4n) is 3.13. The number of amides is 1. The summed E-state index contributed by atoms with van der Waals surface area (Å²) in [5, 5.41) is 8.06. The molecule has 0 bridgehead atoms. The maximum Gasteiger partial charge on any atom is 0.247 e. The molecule has 7 nitrogen and oxygen atoms in total. The number of aromatic nitrogens is 3. The van der Waals surface area contributed by atoms with Crippen LogP contribution in [0.4, 0.5) is 5.82 Å². The summed E-state index contributed by atoms with van der Waals surface area (Å²) in [6, 6.07) is 9.36. The van der Waals surface area contributed by atoms with Gasteiger partial charge in [0, 0.05) is 24.7 Å². The monoisotopic (exact) mass is 399 g/mol. The van der Waals surface area contributed by atoms with E-state index < -0.39 is 0 Å². The fraction of sp³-hybridized carbons (Fsp3) is 0.130. The van der Waals surface area contributed by atoms with Gasteiger partial charge < -0.3 is 10.1 Å². The normalized spacial score (nSPS) is 15.0. The summed E-state index contributed by atoms with van der Waals surface area (Å²) < 4.78 is 7.82. The lowest BCUT2D eigenvalue weighted by molar-refractivity contribution is -0.115. The van der Waals surface area contributed by atoms with Crippen LogP contribution < -0.4 is 10.1 Å². The predicted octanol–water partition coefficient (Wildman–Crippen LogP) is 4.37. The van der Waals surface area contributed by atoms with Crippen LogP contribution in [-0.2, 0) is 11.8 Å². The number of nitrogens with one attached hydrogen (secondary N) is 1. The number of carbonyl (C=O) groups excluding carboxylic acids is 1. The van der Waals surface area contributed by atoms with Gasteiger partial charge in [0.05, 0.1) is 23.1 Å². The number of benzene rings is 1. The second-order valence-corrected chi connectivity index (χ2v) is 6.74. The molecule has 30 heavy (non-hydrogen) atoms. The zero-order valence-electron chi connectivity index (χ0n) is 16.6. The van der Waals surface area contributed by atoms with Crippen LogP contribution >= 0.6 is 0 Å². The van der Waals surface area contributed by atoms with Crippen molar-refractivity contribution < 1.29 is 9.53 Å². The molecule has 1 amide bonds. The van der Waals surface area contributed by atoms with E-state index in [4.69, 9.17) is 4.74 Å². The Labute approximate surface area is 174 Å². The molecule has 0 radical (unpaired) electrons. The fourth-order valence-corrected chi connectivity index (χ4v) is 3.13. The van der Waals surface area contributed by atoms with Crippen LogP contribution in [0.1, 0.15) is 12.8 Å². The lowest BCUT2D eigenvalue weighted by Crippen LogP contribution is -2.25. The summed E-state index contributed by atoms with van der Waals surface area (Å²) in [7, 11) is 1.90. The van der Waals surface area contributed by atoms with Gasteiger partial charge in [-0.25, -0.2) is 9.98 Å². The first-order chi connectivity index (χ1) is 14.6. The van der Waals surface area contributed by atoms with E-state index in [0.29, 0.717) is 29.4 Å². The second-order valence-electron chi connectivity index (χ2n) is 6.74. The Hall–Kier alpha value is -4.00. The van der Waals surface area contributed by atoms with Crippen molar-refractivity contribution in [2.45, 2.75) is 12.8 Å². The van der Waals surface area contributed by atoms with E-state index >= 15 is 0 Å². The zero-order valence-corrected chi connectivity index (χ0v) is 16.6. The molecule has 150 valence electrons. The maximum absolute atomic E-state index is 11.8. The number of nitrogens with zero attached hydrogens (tertiary/aromatic N) is 4. The number of rotatable bonds is 5. The molecule has 0 fully saturated rings. The average molecular weight is 399 g/mol. The number of allylic oxidation sites excluding steroid dienone is 4. The molecule has 0 atom stereocenters. The Bertz CT molecular complexity index is 1200. The van der Waals surface area contributed by atoms with E-state index in [9.17, 15) is 4.79 Å². The minimum atomic E-state index is -0.278. The summed E-state index contributed by atoms with van der Waals surface area (Å²) in [6.07, 6.45) is 12.0. The van der Waals surface area contributed by atoms with Gasteiger partial charge in [0.1, 0.15) is 11.5 Å². The van der Waals surface area contributed by atoms with Crippen LogP contribution in [0.2, 0.25) is 0 Å². The maximum atomic E-state index is 11.8. The van der Waals surface area contributed by atoms with Crippen molar-refractivity contribution >= 4 is 28.3 Å². The number of pyridine rings is 1. The van der Waals surface area contributed by atoms with Crippen molar-refractivity contribution in [3.8, 4) is 11.5 Å². The number of aryl methyl sites for hydroxylation is 1. The first kappa shape index (κ1) is 19.3. The molecular weight excluding hydrogens is 378 g/mol. The minimum absolute atomic E-state index is 0.278. The van der Waals surface area contributed by atoms with Gasteiger partial charge in [0.25, 0.3) is 0 Å². The van der Waals surface area contributed by atoms with Gasteiger partial charge in [-0.2, -0.15) is 5.10 Å². The van der Waals surface area contributed by atoms with Gasteiger partial charge in [-0.3, -0.25) is 9.48 Å². The number of aliphatic imine (C=N–C) groups is 1. The Kier molecular flexibility index (Phi) is 5.52. The second kappa shape index (κ2) is 8.57. The Morgan fingerprint density at radius 3 is 3.03 bits per heavy atom. The molecule has 0 aliphatic heterocycles. The zero-order chi connectivity index (χ0) is 20.9. The van der Waals surface area contributed by atoms with E-state index in [1.807, 2.05) is 48.2 Å². The Morgan fingerprint density at radius 2 is 2.17 bits per heavy atom. The van der Waals surface area contributed by atoms with E-state index in [-0.39, 0.29) is 5.91 Å². The molecule has 2 aromatic heterocycles. The SMILES string of the molecule is C=CC(=O)NC1=CC=CCCC1=Nc1cc(Oc2ccc3c(cnn3C)c2)ccn1. The van der Waals surface area contributed by atoms with Gasteiger partial charge in [-0.05, 0) is 49.3 Å². The molecular formula is C23H21N5O2. The molecule has 1 aromatic carbocycles. The minimum Gasteiger partial charge on any atom is -0.457 e. The molecule has 0 saturated carbocycles. The van der Waals surface area contributed by atoms with Crippen molar-refractivity contribution in [1.29, 1.82) is 0 Å². The van der Waals surface area contributed by atoms with Crippen molar-refractivity contribution in [3.05, 3.63) is 79.3 Å². The molecule has 7 heteroatoms. The van der Waals surface area contributed by atoms with Crippen LogP contribution in [0.15, 0.2) is 84.3 Å². The lowest BCUT2D eigenvalue weighted by Gasteiger charge is -2.10. The molecule has 0 spiro atoms. The third kappa shape index (κ3) is 4.35. The smallest absolute Gasteiger partial charge is 0.247 e. The van der Waals surface area contributed by atoms with E-state index in [0.717, 1.165) is 23.0 Å². The largest absolute Gasteiger partial charge is 0.457 e. The molecule has 0 unspecified atom stereocenters. The van der Waals surface area contributed by atoms with Crippen LogP contribution in [-0.4, -0.2) is 26.4 Å². The Balaban J connectivity index is 1.58.